The predicted octanol–water partition coefficient (Wildman–Crippen LogP) is 4.20. The van der Waals surface area contributed by atoms with Gasteiger partial charge in [-0.15, -0.1) is 11.8 Å². The minimum atomic E-state index is -0.527. The molecule has 2 heterocycles. The number of fused-ring (bicyclic) bond motifs is 1. The molecular formula is C21H15Cl2N5O4S. The topological polar surface area (TPSA) is 113 Å². The summed E-state index contributed by atoms with van der Waals surface area (Å²) in [6.45, 7) is 0. The first kappa shape index (κ1) is 23.0. The number of halogens is 2. The zero-order valence-electron chi connectivity index (χ0n) is 17.3. The second kappa shape index (κ2) is 8.97. The van der Waals surface area contributed by atoms with Gasteiger partial charge in [0.2, 0.25) is 0 Å². The van der Waals surface area contributed by atoms with Crippen molar-refractivity contribution in [2.24, 2.45) is 14.1 Å². The van der Waals surface area contributed by atoms with Crippen molar-refractivity contribution >= 4 is 51.7 Å². The lowest BCUT2D eigenvalue weighted by Gasteiger charge is -2.12. The SMILES string of the molecule is Cn1c(=O)c2c(SCc3ccc(Cl)c(Cl)c3)nc(-c3ccc([N+](=O)[O-])cc3)nc2n(C)c1=O. The van der Waals surface area contributed by atoms with Crippen LogP contribution in [0.3, 0.4) is 0 Å². The average Bonchev–Trinajstić information content (AvgIpc) is 2.81. The van der Waals surface area contributed by atoms with E-state index in [1.165, 1.54) is 54.7 Å². The predicted molar refractivity (Wildman–Crippen MR) is 128 cm³/mol. The van der Waals surface area contributed by atoms with Crippen LogP contribution in [0, 0.1) is 10.1 Å². The quantitative estimate of drug-likeness (QED) is 0.173. The fourth-order valence-corrected chi connectivity index (χ4v) is 4.45. The van der Waals surface area contributed by atoms with E-state index in [4.69, 9.17) is 23.2 Å². The molecule has 0 spiro atoms. The summed E-state index contributed by atoms with van der Waals surface area (Å²) in [5.74, 6) is 0.659. The Morgan fingerprint density at radius 1 is 1.00 bits per heavy atom. The van der Waals surface area contributed by atoms with Crippen LogP contribution in [0.25, 0.3) is 22.4 Å². The molecule has 2 aromatic carbocycles. The van der Waals surface area contributed by atoms with Gasteiger partial charge in [0.25, 0.3) is 11.2 Å². The molecule has 0 aliphatic rings. The van der Waals surface area contributed by atoms with Gasteiger partial charge in [0, 0.05) is 37.5 Å². The van der Waals surface area contributed by atoms with Crippen LogP contribution in [0.2, 0.25) is 10.0 Å². The third kappa shape index (κ3) is 4.37. The summed E-state index contributed by atoms with van der Waals surface area (Å²) in [4.78, 5) is 44.9. The molecule has 0 radical (unpaired) electrons. The first-order valence-electron chi connectivity index (χ1n) is 9.46. The highest BCUT2D eigenvalue weighted by atomic mass is 35.5. The fraction of sp³-hybridized carbons (Fsp3) is 0.143. The number of aryl methyl sites for hydroxylation is 1. The Bertz CT molecular complexity index is 1530. The van der Waals surface area contributed by atoms with Gasteiger partial charge in [0.1, 0.15) is 10.4 Å². The molecule has 0 unspecified atom stereocenters. The number of thioether (sulfide) groups is 1. The van der Waals surface area contributed by atoms with Gasteiger partial charge in [-0.1, -0.05) is 29.3 Å². The number of nitrogens with zero attached hydrogens (tertiary/aromatic N) is 5. The highest BCUT2D eigenvalue weighted by Crippen LogP contribution is 2.31. The lowest BCUT2D eigenvalue weighted by atomic mass is 10.2. The summed E-state index contributed by atoms with van der Waals surface area (Å²) >= 11 is 13.4. The molecule has 0 bridgehead atoms. The van der Waals surface area contributed by atoms with Crippen LogP contribution >= 0.6 is 35.0 Å². The van der Waals surface area contributed by atoms with Gasteiger partial charge >= 0.3 is 5.69 Å². The number of nitro benzene ring substituents is 1. The number of hydrogen-bond donors (Lipinski definition) is 0. The molecule has 12 heteroatoms. The second-order valence-electron chi connectivity index (χ2n) is 7.10. The molecule has 0 fully saturated rings. The van der Waals surface area contributed by atoms with Gasteiger partial charge in [0.05, 0.1) is 15.0 Å². The van der Waals surface area contributed by atoms with E-state index in [2.05, 4.69) is 9.97 Å². The normalized spacial score (nSPS) is 11.2. The van der Waals surface area contributed by atoms with Crippen LogP contribution in [0.1, 0.15) is 5.56 Å². The molecule has 4 aromatic rings. The molecule has 33 heavy (non-hydrogen) atoms. The van der Waals surface area contributed by atoms with E-state index < -0.39 is 16.2 Å². The van der Waals surface area contributed by atoms with Crippen LogP contribution < -0.4 is 11.2 Å². The third-order valence-electron chi connectivity index (χ3n) is 4.96. The number of hydrogen-bond acceptors (Lipinski definition) is 7. The van der Waals surface area contributed by atoms with Crippen LogP contribution in [0.4, 0.5) is 5.69 Å². The number of aromatic nitrogens is 4. The van der Waals surface area contributed by atoms with Crippen molar-refractivity contribution in [3.63, 3.8) is 0 Å². The Morgan fingerprint density at radius 3 is 2.33 bits per heavy atom. The molecular weight excluding hydrogens is 489 g/mol. The minimum absolute atomic E-state index is 0.0741. The molecule has 9 nitrogen and oxygen atoms in total. The molecule has 168 valence electrons. The van der Waals surface area contributed by atoms with Crippen molar-refractivity contribution in [1.82, 2.24) is 19.1 Å². The summed E-state index contributed by atoms with van der Waals surface area (Å²) in [6.07, 6.45) is 0. The molecule has 0 aliphatic heterocycles. The Balaban J connectivity index is 1.88. The number of benzene rings is 2. The molecule has 0 saturated carbocycles. The molecule has 4 rings (SSSR count). The zero-order chi connectivity index (χ0) is 23.9. The Labute approximate surface area is 200 Å². The molecule has 2 aromatic heterocycles. The van der Waals surface area contributed by atoms with Crippen LogP contribution in [0.15, 0.2) is 57.1 Å². The van der Waals surface area contributed by atoms with Crippen molar-refractivity contribution in [2.75, 3.05) is 0 Å². The standard InChI is InChI=1S/C21H15Cl2N5O4S/c1-26-18-16(20(29)27(2)21(26)30)19(33-10-11-3-8-14(22)15(23)9-11)25-17(24-18)12-4-6-13(7-5-12)28(31)32/h3-9H,10H2,1-2H3. The van der Waals surface area contributed by atoms with Gasteiger partial charge in [-0.3, -0.25) is 24.0 Å². The maximum absolute atomic E-state index is 12.9. The van der Waals surface area contributed by atoms with Gasteiger partial charge < -0.3 is 0 Å². The smallest absolute Gasteiger partial charge is 0.280 e. The Kier molecular flexibility index (Phi) is 6.24. The highest BCUT2D eigenvalue weighted by Gasteiger charge is 2.19. The second-order valence-corrected chi connectivity index (χ2v) is 8.88. The summed E-state index contributed by atoms with van der Waals surface area (Å²) in [5.41, 5.74) is 0.422. The maximum Gasteiger partial charge on any atom is 0.332 e. The van der Waals surface area contributed by atoms with E-state index in [0.29, 0.717) is 26.4 Å². The van der Waals surface area contributed by atoms with E-state index >= 15 is 0 Å². The van der Waals surface area contributed by atoms with Crippen molar-refractivity contribution in [3.05, 3.63) is 89.0 Å². The summed E-state index contributed by atoms with van der Waals surface area (Å²) in [6, 6.07) is 10.9. The number of rotatable bonds is 5. The van der Waals surface area contributed by atoms with Gasteiger partial charge in [0.15, 0.2) is 11.5 Å². The molecule has 0 aliphatic carbocycles. The van der Waals surface area contributed by atoms with E-state index in [1.54, 1.807) is 12.1 Å². The number of non-ortho nitro benzene ring substituents is 1. The van der Waals surface area contributed by atoms with Gasteiger partial charge in [-0.25, -0.2) is 14.8 Å². The monoisotopic (exact) mass is 503 g/mol. The molecule has 0 N–H and O–H groups in total. The molecule has 0 saturated heterocycles. The first-order valence-corrected chi connectivity index (χ1v) is 11.2. The van der Waals surface area contributed by atoms with Crippen molar-refractivity contribution < 1.29 is 4.92 Å². The van der Waals surface area contributed by atoms with E-state index in [0.717, 1.165) is 10.1 Å². The lowest BCUT2D eigenvalue weighted by molar-refractivity contribution is -0.384. The molecule has 0 atom stereocenters. The van der Waals surface area contributed by atoms with Crippen molar-refractivity contribution in [2.45, 2.75) is 10.8 Å². The summed E-state index contributed by atoms with van der Waals surface area (Å²) < 4.78 is 2.27. The maximum atomic E-state index is 12.9. The fourth-order valence-electron chi connectivity index (χ4n) is 3.18. The van der Waals surface area contributed by atoms with Gasteiger partial charge in [-0.05, 0) is 29.8 Å². The average molecular weight is 504 g/mol. The summed E-state index contributed by atoms with van der Waals surface area (Å²) in [7, 11) is 2.91. The van der Waals surface area contributed by atoms with Crippen LogP contribution in [-0.2, 0) is 19.8 Å². The molecule has 0 amide bonds. The first-order chi connectivity index (χ1) is 15.7. The van der Waals surface area contributed by atoms with E-state index in [-0.39, 0.29) is 22.5 Å². The Morgan fingerprint density at radius 2 is 1.70 bits per heavy atom. The van der Waals surface area contributed by atoms with Crippen LogP contribution in [-0.4, -0.2) is 24.0 Å². The van der Waals surface area contributed by atoms with Gasteiger partial charge in [-0.2, -0.15) is 0 Å². The summed E-state index contributed by atoms with van der Waals surface area (Å²) in [5, 5.41) is 12.4. The number of nitro groups is 1. The minimum Gasteiger partial charge on any atom is -0.280 e. The largest absolute Gasteiger partial charge is 0.332 e. The van der Waals surface area contributed by atoms with E-state index in [9.17, 15) is 19.7 Å². The van der Waals surface area contributed by atoms with Crippen molar-refractivity contribution in [1.29, 1.82) is 0 Å². The third-order valence-corrected chi connectivity index (χ3v) is 6.75. The Hall–Kier alpha value is -3.21. The highest BCUT2D eigenvalue weighted by molar-refractivity contribution is 7.98. The zero-order valence-corrected chi connectivity index (χ0v) is 19.6. The van der Waals surface area contributed by atoms with E-state index in [1.807, 2.05) is 6.07 Å². The van der Waals surface area contributed by atoms with Crippen molar-refractivity contribution in [3.8, 4) is 11.4 Å². The van der Waals surface area contributed by atoms with Crippen LogP contribution in [0.5, 0.6) is 0 Å². The lowest BCUT2D eigenvalue weighted by Crippen LogP contribution is -2.37.